The van der Waals surface area contributed by atoms with Gasteiger partial charge in [-0.15, -0.1) is 11.3 Å². The number of thiazole rings is 1. The molecular weight excluding hydrogens is 313 g/mol. The molecule has 2 N–H and O–H groups in total. The molecule has 0 aliphatic carbocycles. The smallest absolute Gasteiger partial charge is 0.315 e. The standard InChI is InChI=1S/C14H15ClFN3OS/c1-8-7-21-13(18-8)9(2)19-14(20)17-6-10-3-4-12(16)11(15)5-10/h3-5,7,9H,6H2,1-2H3,(H2,17,19,20). The number of urea groups is 1. The molecule has 2 rings (SSSR count). The summed E-state index contributed by atoms with van der Waals surface area (Å²) in [6.07, 6.45) is 0. The van der Waals surface area contributed by atoms with Crippen molar-refractivity contribution >= 4 is 29.0 Å². The number of nitrogens with zero attached hydrogens (tertiary/aromatic N) is 1. The van der Waals surface area contributed by atoms with Crippen LogP contribution in [0.2, 0.25) is 5.02 Å². The van der Waals surface area contributed by atoms with Crippen molar-refractivity contribution in [2.45, 2.75) is 26.4 Å². The number of aromatic nitrogens is 1. The summed E-state index contributed by atoms with van der Waals surface area (Å²) in [6.45, 7) is 4.05. The van der Waals surface area contributed by atoms with Crippen LogP contribution in [0.1, 0.15) is 29.2 Å². The molecule has 112 valence electrons. The van der Waals surface area contributed by atoms with Crippen LogP contribution in [-0.2, 0) is 6.54 Å². The molecular formula is C14H15ClFN3OS. The van der Waals surface area contributed by atoms with Crippen LogP contribution in [0.5, 0.6) is 0 Å². The monoisotopic (exact) mass is 327 g/mol. The van der Waals surface area contributed by atoms with E-state index in [1.54, 1.807) is 6.07 Å². The first kappa shape index (κ1) is 15.7. The molecule has 1 aromatic carbocycles. The normalized spacial score (nSPS) is 12.0. The summed E-state index contributed by atoms with van der Waals surface area (Å²) < 4.78 is 13.0. The summed E-state index contributed by atoms with van der Waals surface area (Å²) >= 11 is 7.19. The van der Waals surface area contributed by atoms with Gasteiger partial charge < -0.3 is 10.6 Å². The van der Waals surface area contributed by atoms with E-state index >= 15 is 0 Å². The first-order valence-electron chi connectivity index (χ1n) is 6.36. The molecule has 2 amide bonds. The Morgan fingerprint density at radius 2 is 2.29 bits per heavy atom. The summed E-state index contributed by atoms with van der Waals surface area (Å²) in [5.74, 6) is -0.474. The SMILES string of the molecule is Cc1csc(C(C)NC(=O)NCc2ccc(F)c(Cl)c2)n1. The summed E-state index contributed by atoms with van der Waals surface area (Å²) in [7, 11) is 0. The number of hydrogen-bond donors (Lipinski definition) is 2. The summed E-state index contributed by atoms with van der Waals surface area (Å²) in [5, 5.41) is 8.33. The predicted octanol–water partition coefficient (Wildman–Crippen LogP) is 3.80. The van der Waals surface area contributed by atoms with E-state index in [9.17, 15) is 9.18 Å². The van der Waals surface area contributed by atoms with Crippen LogP contribution in [0.15, 0.2) is 23.6 Å². The van der Waals surface area contributed by atoms with Gasteiger partial charge in [-0.2, -0.15) is 0 Å². The maximum absolute atomic E-state index is 13.0. The number of halogens is 2. The van der Waals surface area contributed by atoms with E-state index in [-0.39, 0.29) is 23.6 Å². The Kier molecular flexibility index (Phi) is 5.14. The molecule has 1 atom stereocenters. The lowest BCUT2D eigenvalue weighted by molar-refractivity contribution is 0.237. The molecule has 0 aliphatic rings. The highest BCUT2D eigenvalue weighted by atomic mass is 35.5. The highest BCUT2D eigenvalue weighted by Crippen LogP contribution is 2.17. The van der Waals surface area contributed by atoms with Crippen LogP contribution in [0, 0.1) is 12.7 Å². The molecule has 0 radical (unpaired) electrons. The van der Waals surface area contributed by atoms with Crippen molar-refractivity contribution in [2.24, 2.45) is 0 Å². The zero-order chi connectivity index (χ0) is 15.4. The topological polar surface area (TPSA) is 54.0 Å². The van der Waals surface area contributed by atoms with E-state index in [2.05, 4.69) is 15.6 Å². The summed E-state index contributed by atoms with van der Waals surface area (Å²) in [4.78, 5) is 16.1. The van der Waals surface area contributed by atoms with Gasteiger partial charge in [-0.25, -0.2) is 14.2 Å². The van der Waals surface area contributed by atoms with E-state index < -0.39 is 5.82 Å². The number of nitrogens with one attached hydrogen (secondary N) is 2. The predicted molar refractivity (Wildman–Crippen MR) is 82.0 cm³/mol. The quantitative estimate of drug-likeness (QED) is 0.897. The minimum Gasteiger partial charge on any atom is -0.334 e. The van der Waals surface area contributed by atoms with Crippen LogP contribution in [0.3, 0.4) is 0 Å². The minimum atomic E-state index is -0.474. The maximum atomic E-state index is 13.0. The lowest BCUT2D eigenvalue weighted by Crippen LogP contribution is -2.36. The first-order valence-corrected chi connectivity index (χ1v) is 7.62. The fourth-order valence-corrected chi connectivity index (χ4v) is 2.72. The Balaban J connectivity index is 1.85. The van der Waals surface area contributed by atoms with Gasteiger partial charge in [0.2, 0.25) is 0 Å². The van der Waals surface area contributed by atoms with E-state index in [0.29, 0.717) is 0 Å². The highest BCUT2D eigenvalue weighted by molar-refractivity contribution is 7.09. The van der Waals surface area contributed by atoms with Crippen molar-refractivity contribution in [3.63, 3.8) is 0 Å². The first-order chi connectivity index (χ1) is 9.95. The molecule has 0 spiro atoms. The highest BCUT2D eigenvalue weighted by Gasteiger charge is 2.12. The van der Waals surface area contributed by atoms with Gasteiger partial charge in [-0.1, -0.05) is 17.7 Å². The Morgan fingerprint density at radius 1 is 1.52 bits per heavy atom. The average Bonchev–Trinajstić information content (AvgIpc) is 2.87. The molecule has 0 aliphatic heterocycles. The number of amides is 2. The van der Waals surface area contributed by atoms with Gasteiger partial charge in [0.1, 0.15) is 10.8 Å². The van der Waals surface area contributed by atoms with E-state index in [1.165, 1.54) is 23.5 Å². The second kappa shape index (κ2) is 6.87. The lowest BCUT2D eigenvalue weighted by atomic mass is 10.2. The lowest BCUT2D eigenvalue weighted by Gasteiger charge is -2.12. The number of benzene rings is 1. The van der Waals surface area contributed by atoms with Crippen molar-refractivity contribution in [1.82, 2.24) is 15.6 Å². The van der Waals surface area contributed by atoms with Crippen LogP contribution in [0.25, 0.3) is 0 Å². The van der Waals surface area contributed by atoms with Crippen LogP contribution in [-0.4, -0.2) is 11.0 Å². The van der Waals surface area contributed by atoms with Crippen molar-refractivity contribution in [3.05, 3.63) is 50.7 Å². The third kappa shape index (κ3) is 4.41. The van der Waals surface area contributed by atoms with E-state index in [4.69, 9.17) is 11.6 Å². The molecule has 7 heteroatoms. The molecule has 21 heavy (non-hydrogen) atoms. The van der Waals surface area contributed by atoms with Gasteiger partial charge in [0.25, 0.3) is 0 Å². The Morgan fingerprint density at radius 3 is 2.90 bits per heavy atom. The largest absolute Gasteiger partial charge is 0.334 e. The molecule has 0 bridgehead atoms. The summed E-state index contributed by atoms with van der Waals surface area (Å²) in [6, 6.07) is 3.87. The average molecular weight is 328 g/mol. The van der Waals surface area contributed by atoms with E-state index in [0.717, 1.165) is 16.3 Å². The number of hydrogen-bond acceptors (Lipinski definition) is 3. The molecule has 4 nitrogen and oxygen atoms in total. The fourth-order valence-electron chi connectivity index (χ4n) is 1.71. The maximum Gasteiger partial charge on any atom is 0.315 e. The van der Waals surface area contributed by atoms with Gasteiger partial charge >= 0.3 is 6.03 Å². The second-order valence-corrected chi connectivity index (χ2v) is 5.92. The Hall–Kier alpha value is -1.66. The zero-order valence-corrected chi connectivity index (χ0v) is 13.2. The van der Waals surface area contributed by atoms with Gasteiger partial charge in [0.05, 0.1) is 11.1 Å². The van der Waals surface area contributed by atoms with Crippen molar-refractivity contribution in [2.75, 3.05) is 0 Å². The number of carbonyl (C=O) groups excluding carboxylic acids is 1. The number of carbonyl (C=O) groups is 1. The van der Waals surface area contributed by atoms with Crippen molar-refractivity contribution < 1.29 is 9.18 Å². The molecule has 1 unspecified atom stereocenters. The fraction of sp³-hybridized carbons (Fsp3) is 0.286. The van der Waals surface area contributed by atoms with E-state index in [1.807, 2.05) is 19.2 Å². The Bertz CT molecular complexity index is 647. The summed E-state index contributed by atoms with van der Waals surface area (Å²) in [5.41, 5.74) is 1.67. The van der Waals surface area contributed by atoms with Gasteiger partial charge in [0, 0.05) is 17.6 Å². The van der Waals surface area contributed by atoms with Gasteiger partial charge in [-0.3, -0.25) is 0 Å². The second-order valence-electron chi connectivity index (χ2n) is 4.62. The van der Waals surface area contributed by atoms with Crippen LogP contribution >= 0.6 is 22.9 Å². The molecule has 0 saturated heterocycles. The molecule has 2 aromatic rings. The zero-order valence-electron chi connectivity index (χ0n) is 11.6. The number of rotatable bonds is 4. The van der Waals surface area contributed by atoms with Crippen LogP contribution in [0.4, 0.5) is 9.18 Å². The Labute approximate surface area is 131 Å². The molecule has 1 heterocycles. The number of aryl methyl sites for hydroxylation is 1. The van der Waals surface area contributed by atoms with Crippen molar-refractivity contribution in [3.8, 4) is 0 Å². The molecule has 1 aromatic heterocycles. The van der Waals surface area contributed by atoms with Crippen LogP contribution < -0.4 is 10.6 Å². The van der Waals surface area contributed by atoms with Gasteiger partial charge in [0.15, 0.2) is 0 Å². The molecule has 0 saturated carbocycles. The van der Waals surface area contributed by atoms with Gasteiger partial charge in [-0.05, 0) is 31.5 Å². The third-order valence-electron chi connectivity index (χ3n) is 2.79. The molecule has 0 fully saturated rings. The minimum absolute atomic E-state index is 0.0429. The van der Waals surface area contributed by atoms with Crippen molar-refractivity contribution in [1.29, 1.82) is 0 Å². The third-order valence-corrected chi connectivity index (χ3v) is 4.23.